The summed E-state index contributed by atoms with van der Waals surface area (Å²) >= 11 is 0. The van der Waals surface area contributed by atoms with Gasteiger partial charge in [0.15, 0.2) is 0 Å². The van der Waals surface area contributed by atoms with E-state index >= 15 is 0 Å². The van der Waals surface area contributed by atoms with Crippen molar-refractivity contribution in [3.63, 3.8) is 0 Å². The van der Waals surface area contributed by atoms with E-state index in [9.17, 15) is 19.2 Å². The molecule has 4 N–H and O–H groups in total. The number of carbonyl (C=O) groups excluding carboxylic acids is 3. The SMILES string of the molecule is CC(C)CC1NCCc2c1[nH]c1ccccc21.CC(C)CC1c2[nH]c3ccccc3c2CCN1C(=O)C1CCC(CN(C)C(=O)OC(C)(C)C)CC1.CN(CC1CCC(C(=O)O)CC1)C(=O)OC(C)(C)C. The van der Waals surface area contributed by atoms with Crippen LogP contribution in [0.4, 0.5) is 9.59 Å². The summed E-state index contributed by atoms with van der Waals surface area (Å²) in [4.78, 5) is 61.6. The van der Waals surface area contributed by atoms with Gasteiger partial charge in [-0.3, -0.25) is 9.59 Å². The van der Waals surface area contributed by atoms with Crippen molar-refractivity contribution >= 4 is 45.9 Å². The van der Waals surface area contributed by atoms with Crippen LogP contribution in [0.25, 0.3) is 21.8 Å². The van der Waals surface area contributed by atoms with Crippen molar-refractivity contribution in [3.8, 4) is 0 Å². The summed E-state index contributed by atoms with van der Waals surface area (Å²) in [5.74, 6) is 1.54. The topological polar surface area (TPSA) is 160 Å². The van der Waals surface area contributed by atoms with Gasteiger partial charge in [0, 0.05) is 78.9 Å². The maximum atomic E-state index is 13.8. The average molecular weight is 981 g/mol. The van der Waals surface area contributed by atoms with Gasteiger partial charge in [-0.2, -0.15) is 0 Å². The number of carboxylic acids is 1. The van der Waals surface area contributed by atoms with Crippen molar-refractivity contribution < 1.29 is 33.8 Å². The maximum Gasteiger partial charge on any atom is 0.410 e. The fourth-order valence-corrected chi connectivity index (χ4v) is 11.2. The molecule has 13 heteroatoms. The van der Waals surface area contributed by atoms with E-state index in [0.29, 0.717) is 55.6 Å². The van der Waals surface area contributed by atoms with Crippen LogP contribution in [0.2, 0.25) is 0 Å². The van der Waals surface area contributed by atoms with Crippen LogP contribution in [0.1, 0.15) is 168 Å². The molecular weight excluding hydrogens is 893 g/mol. The van der Waals surface area contributed by atoms with E-state index in [2.05, 4.69) is 96.4 Å². The number of hydrogen-bond acceptors (Lipinski definition) is 7. The Morgan fingerprint density at radius 1 is 0.648 bits per heavy atom. The molecule has 71 heavy (non-hydrogen) atoms. The van der Waals surface area contributed by atoms with E-state index < -0.39 is 17.2 Å². The predicted octanol–water partition coefficient (Wildman–Crippen LogP) is 12.5. The number of para-hydroxylation sites is 2. The fourth-order valence-electron chi connectivity index (χ4n) is 11.2. The number of rotatable bonds is 10. The highest BCUT2D eigenvalue weighted by molar-refractivity contribution is 5.87. The molecule has 0 saturated heterocycles. The number of carboxylic acid groups (broad SMARTS) is 1. The standard InChI is InChI=1S/C29H43N3O3.C15H20N2.C14H25NO4/c1-19(2)17-25-26-23(22-9-7-8-10-24(22)30-26)15-16-32(25)27(33)21-13-11-20(12-14-21)18-31(6)28(34)35-29(3,4)5;1-10(2)9-14-15-12(7-8-16-14)11-5-3-4-6-13(11)17-15;1-14(2,3)19-13(18)15(4)9-10-5-7-11(8-6-10)12(16)17/h7-10,19-21,25,30H,11-18H2,1-6H3;3-6,10,14,16-17H,7-9H2,1-2H3;10-11H,5-9H2,1-4H3,(H,16,17). The van der Waals surface area contributed by atoms with Crippen LogP contribution in [0.5, 0.6) is 0 Å². The third kappa shape index (κ3) is 15.2. The van der Waals surface area contributed by atoms with Gasteiger partial charge < -0.3 is 44.6 Å². The zero-order chi connectivity index (χ0) is 51.8. The van der Waals surface area contributed by atoms with Gasteiger partial charge >= 0.3 is 18.2 Å². The van der Waals surface area contributed by atoms with Crippen molar-refractivity contribution in [1.29, 1.82) is 0 Å². The van der Waals surface area contributed by atoms with Gasteiger partial charge in [0.25, 0.3) is 0 Å². The summed E-state index contributed by atoms with van der Waals surface area (Å²) in [5, 5.41) is 15.3. The number of benzene rings is 2. The Kier molecular flexibility index (Phi) is 18.8. The van der Waals surface area contributed by atoms with E-state index in [4.69, 9.17) is 14.6 Å². The Labute approximate surface area is 424 Å². The largest absolute Gasteiger partial charge is 0.481 e. The third-order valence-corrected chi connectivity index (χ3v) is 14.7. The second-order valence-electron chi connectivity index (χ2n) is 23.9. The molecular formula is C58H88N6O7. The Morgan fingerprint density at radius 3 is 1.56 bits per heavy atom. The molecule has 0 bridgehead atoms. The zero-order valence-corrected chi connectivity index (χ0v) is 45.3. The molecule has 2 aliphatic carbocycles. The van der Waals surface area contributed by atoms with Crippen LogP contribution in [0.3, 0.4) is 0 Å². The highest BCUT2D eigenvalue weighted by Crippen LogP contribution is 2.41. The zero-order valence-electron chi connectivity index (χ0n) is 45.3. The number of nitrogens with zero attached hydrogens (tertiary/aromatic N) is 3. The number of hydrogen-bond donors (Lipinski definition) is 4. The molecule has 4 aliphatic rings. The first kappa shape index (κ1) is 55.3. The molecule has 2 aromatic heterocycles. The van der Waals surface area contributed by atoms with Crippen LogP contribution in [0, 0.1) is 35.5 Å². The molecule has 4 heterocycles. The first-order valence-electron chi connectivity index (χ1n) is 26.8. The minimum atomic E-state index is -0.695. The number of ether oxygens (including phenoxy) is 2. The molecule has 0 spiro atoms. The van der Waals surface area contributed by atoms with Gasteiger partial charge in [-0.05, 0) is 172 Å². The molecule has 2 saturated carbocycles. The number of H-pyrrole nitrogens is 2. The molecule has 2 unspecified atom stereocenters. The lowest BCUT2D eigenvalue weighted by Gasteiger charge is -2.40. The number of fused-ring (bicyclic) bond motifs is 6. The number of aromatic nitrogens is 2. The molecule has 3 amide bonds. The molecule has 4 aromatic rings. The maximum absolute atomic E-state index is 13.8. The highest BCUT2D eigenvalue weighted by Gasteiger charge is 2.38. The summed E-state index contributed by atoms with van der Waals surface area (Å²) in [6.07, 6.45) is 10.6. The normalized spacial score (nSPS) is 22.4. The summed E-state index contributed by atoms with van der Waals surface area (Å²) < 4.78 is 10.8. The van der Waals surface area contributed by atoms with Gasteiger partial charge in [-0.1, -0.05) is 64.1 Å². The molecule has 2 aliphatic heterocycles. The summed E-state index contributed by atoms with van der Waals surface area (Å²) in [5.41, 5.74) is 7.09. The van der Waals surface area contributed by atoms with E-state index in [1.807, 2.05) is 48.6 Å². The molecule has 2 atom stereocenters. The lowest BCUT2D eigenvalue weighted by atomic mass is 9.80. The van der Waals surface area contributed by atoms with Crippen molar-refractivity contribution in [2.24, 2.45) is 35.5 Å². The van der Waals surface area contributed by atoms with Crippen molar-refractivity contribution in [2.75, 3.05) is 40.3 Å². The number of aromatic amines is 2. The Hall–Kier alpha value is -5.04. The van der Waals surface area contributed by atoms with Crippen LogP contribution < -0.4 is 5.32 Å². The van der Waals surface area contributed by atoms with Crippen LogP contribution >= 0.6 is 0 Å². The molecule has 8 rings (SSSR count). The van der Waals surface area contributed by atoms with E-state index in [1.54, 1.807) is 16.8 Å². The van der Waals surface area contributed by atoms with Gasteiger partial charge in [-0.25, -0.2) is 9.59 Å². The van der Waals surface area contributed by atoms with Gasteiger partial charge in [0.1, 0.15) is 11.2 Å². The second kappa shape index (κ2) is 24.1. The van der Waals surface area contributed by atoms with E-state index in [1.165, 1.54) is 50.7 Å². The number of nitrogens with one attached hydrogen (secondary N) is 3. The molecule has 2 fully saturated rings. The van der Waals surface area contributed by atoms with E-state index in [0.717, 1.165) is 76.8 Å². The monoisotopic (exact) mass is 981 g/mol. The first-order chi connectivity index (χ1) is 33.5. The first-order valence-corrected chi connectivity index (χ1v) is 26.8. The smallest absolute Gasteiger partial charge is 0.410 e. The van der Waals surface area contributed by atoms with Crippen molar-refractivity contribution in [2.45, 2.75) is 170 Å². The van der Waals surface area contributed by atoms with Gasteiger partial charge in [-0.15, -0.1) is 0 Å². The Morgan fingerprint density at radius 2 is 1.10 bits per heavy atom. The number of amides is 3. The lowest BCUT2D eigenvalue weighted by Crippen LogP contribution is -2.45. The number of carbonyl (C=O) groups is 4. The number of aliphatic carboxylic acids is 1. The van der Waals surface area contributed by atoms with Gasteiger partial charge in [0.2, 0.25) is 5.91 Å². The molecule has 2 aromatic carbocycles. The predicted molar refractivity (Wildman–Crippen MR) is 284 cm³/mol. The third-order valence-electron chi connectivity index (χ3n) is 14.7. The molecule has 392 valence electrons. The summed E-state index contributed by atoms with van der Waals surface area (Å²) in [6.45, 7) is 23.5. The van der Waals surface area contributed by atoms with Crippen LogP contribution in [-0.4, -0.2) is 105 Å². The van der Waals surface area contributed by atoms with Crippen LogP contribution in [0.15, 0.2) is 48.5 Å². The van der Waals surface area contributed by atoms with Crippen molar-refractivity contribution in [3.05, 3.63) is 71.0 Å². The van der Waals surface area contributed by atoms with Crippen LogP contribution in [-0.2, 0) is 31.9 Å². The van der Waals surface area contributed by atoms with Gasteiger partial charge in [0.05, 0.1) is 12.0 Å². The molecule has 13 nitrogen and oxygen atoms in total. The Balaban J connectivity index is 0.000000192. The quantitative estimate of drug-likeness (QED) is 0.122. The summed E-state index contributed by atoms with van der Waals surface area (Å²) in [6, 6.07) is 17.8. The average Bonchev–Trinajstić information content (AvgIpc) is 3.88. The second-order valence-corrected chi connectivity index (χ2v) is 23.9. The lowest BCUT2D eigenvalue weighted by molar-refractivity contribution is -0.143. The van der Waals surface area contributed by atoms with E-state index in [-0.39, 0.29) is 30.1 Å². The minimum absolute atomic E-state index is 0.0821. The molecule has 0 radical (unpaired) electrons. The fraction of sp³-hybridized carbons (Fsp3) is 0.655. The minimum Gasteiger partial charge on any atom is -0.481 e. The summed E-state index contributed by atoms with van der Waals surface area (Å²) in [7, 11) is 3.55. The Bertz CT molecular complexity index is 2390. The van der Waals surface area contributed by atoms with Crippen molar-refractivity contribution in [1.82, 2.24) is 30.0 Å². The highest BCUT2D eigenvalue weighted by atomic mass is 16.6.